The summed E-state index contributed by atoms with van der Waals surface area (Å²) in [6, 6.07) is 8.81. The molecule has 0 spiro atoms. The molecule has 2 rings (SSSR count). The lowest BCUT2D eigenvalue weighted by atomic mass is 10.1. The van der Waals surface area contributed by atoms with Gasteiger partial charge in [-0.15, -0.1) is 0 Å². The molecule has 0 heterocycles. The van der Waals surface area contributed by atoms with E-state index in [2.05, 4.69) is 52.9 Å². The Bertz CT molecular complexity index is 1020. The number of anilines is 1. The second-order valence-corrected chi connectivity index (χ2v) is 8.38. The number of nitrogens with zero attached hydrogens (tertiary/aromatic N) is 1. The highest BCUT2D eigenvalue weighted by Gasteiger charge is 2.23. The van der Waals surface area contributed by atoms with Gasteiger partial charge in [-0.05, 0) is 74.7 Å². The minimum absolute atomic E-state index is 0.0211. The van der Waals surface area contributed by atoms with Crippen LogP contribution in [0.25, 0.3) is 0 Å². The Morgan fingerprint density at radius 3 is 2.55 bits per heavy atom. The molecule has 2 aromatic carbocycles. The third kappa shape index (κ3) is 8.06. The number of ether oxygens (including phenoxy) is 1. The number of phenolic OH excluding ortho intramolecular Hbond substituents is 1. The number of carbonyl (C=O) groups excluding carboxylic acids is 3. The predicted molar refractivity (Wildman–Crippen MR) is 131 cm³/mol. The average molecular weight is 585 g/mol. The molecule has 0 aromatic heterocycles. The molecule has 0 bridgehead atoms. The van der Waals surface area contributed by atoms with Gasteiger partial charge < -0.3 is 31.6 Å². The van der Waals surface area contributed by atoms with Crippen LogP contribution >= 0.6 is 31.9 Å². The van der Waals surface area contributed by atoms with Crippen LogP contribution in [0.15, 0.2) is 50.4 Å². The number of benzene rings is 2. The fraction of sp³-hybridized carbons (Fsp3) is 0.238. The summed E-state index contributed by atoms with van der Waals surface area (Å²) in [7, 11) is 0. The number of hydrogen-bond donors (Lipinski definition) is 5. The highest BCUT2D eigenvalue weighted by Crippen LogP contribution is 2.33. The van der Waals surface area contributed by atoms with Gasteiger partial charge in [-0.25, -0.2) is 4.79 Å². The van der Waals surface area contributed by atoms with Gasteiger partial charge in [0.2, 0.25) is 5.91 Å². The first-order valence-electron chi connectivity index (χ1n) is 9.74. The van der Waals surface area contributed by atoms with Crippen molar-refractivity contribution in [1.82, 2.24) is 10.6 Å². The van der Waals surface area contributed by atoms with E-state index < -0.39 is 23.8 Å². The maximum Gasteiger partial charge on any atom is 0.328 e. The third-order valence-electron chi connectivity index (χ3n) is 4.26. The smallest absolute Gasteiger partial charge is 0.328 e. The summed E-state index contributed by atoms with van der Waals surface area (Å²) < 4.78 is 5.93. The van der Waals surface area contributed by atoms with Crippen molar-refractivity contribution in [2.75, 3.05) is 18.5 Å². The van der Waals surface area contributed by atoms with Crippen LogP contribution in [0.4, 0.5) is 5.69 Å². The number of hydrogen-bond acceptors (Lipinski definition) is 7. The lowest BCUT2D eigenvalue weighted by Gasteiger charge is -2.18. The van der Waals surface area contributed by atoms with Crippen LogP contribution in [-0.4, -0.2) is 48.4 Å². The first-order valence-corrected chi connectivity index (χ1v) is 11.3. The number of phenols is 1. The van der Waals surface area contributed by atoms with Gasteiger partial charge in [0.25, 0.3) is 5.91 Å². The van der Waals surface area contributed by atoms with Crippen molar-refractivity contribution in [3.05, 3.63) is 56.5 Å². The van der Waals surface area contributed by atoms with Crippen molar-refractivity contribution in [2.45, 2.75) is 19.4 Å². The zero-order chi connectivity index (χ0) is 24.4. The Labute approximate surface area is 207 Å². The molecule has 0 saturated heterocycles. The van der Waals surface area contributed by atoms with E-state index in [0.29, 0.717) is 25.8 Å². The standard InChI is InChI=1S/C21H23Br2N5O5/c1-2-33-21(32)17(8-12-6-15(22)19(30)16(23)7-12)28-18(29)10-25-20(31)13-4-3-5-14(9-13)26-11-27-24/h3-7,9,11,17,30H,2,8,10,24H2,1H3,(H,25,31)(H,26,27)(H,28,29). The summed E-state index contributed by atoms with van der Waals surface area (Å²) in [6.07, 6.45) is 1.39. The van der Waals surface area contributed by atoms with Gasteiger partial charge in [0.15, 0.2) is 0 Å². The first kappa shape index (κ1) is 26.1. The van der Waals surface area contributed by atoms with E-state index in [9.17, 15) is 19.5 Å². The molecule has 0 aliphatic rings. The summed E-state index contributed by atoms with van der Waals surface area (Å²) in [5.74, 6) is 3.41. The molecule has 6 N–H and O–H groups in total. The molecule has 0 fully saturated rings. The quantitative estimate of drug-likeness (QED) is 0.0943. The Hall–Kier alpha value is -3.12. The van der Waals surface area contributed by atoms with Gasteiger partial charge in [0, 0.05) is 17.7 Å². The van der Waals surface area contributed by atoms with E-state index in [1.807, 2.05) is 0 Å². The number of halogens is 2. The number of carbonyl (C=O) groups is 3. The lowest BCUT2D eigenvalue weighted by molar-refractivity contribution is -0.147. The Kier molecular flexibility index (Phi) is 10.1. The maximum absolute atomic E-state index is 12.4. The molecule has 1 unspecified atom stereocenters. The summed E-state index contributed by atoms with van der Waals surface area (Å²) in [4.78, 5) is 37.2. The Balaban J connectivity index is 2.02. The van der Waals surface area contributed by atoms with Crippen LogP contribution in [0.1, 0.15) is 22.8 Å². The normalized spacial score (nSPS) is 11.6. The van der Waals surface area contributed by atoms with Crippen molar-refractivity contribution >= 4 is 61.7 Å². The molecule has 0 aliphatic carbocycles. The minimum Gasteiger partial charge on any atom is -0.506 e. The molecule has 0 radical (unpaired) electrons. The van der Waals surface area contributed by atoms with Crippen LogP contribution in [0.2, 0.25) is 0 Å². The van der Waals surface area contributed by atoms with Crippen molar-refractivity contribution in [1.29, 1.82) is 0 Å². The molecule has 1 atom stereocenters. The van der Waals surface area contributed by atoms with Crippen LogP contribution < -0.4 is 21.8 Å². The van der Waals surface area contributed by atoms with Gasteiger partial charge in [-0.1, -0.05) is 6.07 Å². The minimum atomic E-state index is -0.985. The topological polar surface area (TPSA) is 155 Å². The fourth-order valence-electron chi connectivity index (χ4n) is 2.78. The van der Waals surface area contributed by atoms with Crippen LogP contribution in [0, 0.1) is 0 Å². The zero-order valence-corrected chi connectivity index (χ0v) is 20.8. The largest absolute Gasteiger partial charge is 0.506 e. The predicted octanol–water partition coefficient (Wildman–Crippen LogP) is 2.25. The van der Waals surface area contributed by atoms with E-state index in [-0.39, 0.29) is 25.3 Å². The van der Waals surface area contributed by atoms with Crippen LogP contribution in [0.5, 0.6) is 5.75 Å². The van der Waals surface area contributed by atoms with Gasteiger partial charge in [-0.2, -0.15) is 5.10 Å². The molecular formula is C21H23Br2N5O5. The van der Waals surface area contributed by atoms with Crippen molar-refractivity contribution in [3.63, 3.8) is 0 Å². The van der Waals surface area contributed by atoms with Crippen molar-refractivity contribution in [3.8, 4) is 5.75 Å². The number of hydrazone groups is 1. The van der Waals surface area contributed by atoms with Crippen LogP contribution in [-0.2, 0) is 20.7 Å². The molecule has 33 heavy (non-hydrogen) atoms. The number of rotatable bonds is 10. The number of amides is 2. The number of esters is 1. The molecule has 0 saturated carbocycles. The summed E-state index contributed by atoms with van der Waals surface area (Å²) in [5.41, 5.74) is 1.58. The van der Waals surface area contributed by atoms with E-state index in [0.717, 1.165) is 0 Å². The monoisotopic (exact) mass is 583 g/mol. The highest BCUT2D eigenvalue weighted by molar-refractivity contribution is 9.11. The summed E-state index contributed by atoms with van der Waals surface area (Å²) >= 11 is 6.48. The van der Waals surface area contributed by atoms with Gasteiger partial charge in [-0.3, -0.25) is 9.59 Å². The van der Waals surface area contributed by atoms with E-state index >= 15 is 0 Å². The fourth-order valence-corrected chi connectivity index (χ4v) is 4.06. The number of aromatic hydroxyl groups is 1. The van der Waals surface area contributed by atoms with Gasteiger partial charge in [0.1, 0.15) is 18.1 Å². The third-order valence-corrected chi connectivity index (χ3v) is 5.47. The maximum atomic E-state index is 12.4. The first-order chi connectivity index (χ1) is 15.7. The SMILES string of the molecule is CCOC(=O)C(Cc1cc(Br)c(O)c(Br)c1)NC(=O)CNC(=O)c1cccc(NC=NN)c1. The van der Waals surface area contributed by atoms with E-state index in [1.54, 1.807) is 43.3 Å². The molecule has 12 heteroatoms. The van der Waals surface area contributed by atoms with Crippen molar-refractivity contribution in [2.24, 2.45) is 10.9 Å². The van der Waals surface area contributed by atoms with Gasteiger partial charge in [0.05, 0.1) is 22.1 Å². The summed E-state index contributed by atoms with van der Waals surface area (Å²) in [6.45, 7) is 1.46. The highest BCUT2D eigenvalue weighted by atomic mass is 79.9. The molecule has 0 aliphatic heterocycles. The average Bonchev–Trinajstić information content (AvgIpc) is 2.79. The number of nitrogens with two attached hydrogens (primary N) is 1. The Morgan fingerprint density at radius 1 is 1.21 bits per heavy atom. The number of nitrogens with one attached hydrogen (secondary N) is 3. The Morgan fingerprint density at radius 2 is 1.91 bits per heavy atom. The second kappa shape index (κ2) is 12.8. The second-order valence-electron chi connectivity index (χ2n) is 6.67. The lowest BCUT2D eigenvalue weighted by Crippen LogP contribution is -2.47. The van der Waals surface area contributed by atoms with Crippen molar-refractivity contribution < 1.29 is 24.2 Å². The summed E-state index contributed by atoms with van der Waals surface area (Å²) in [5, 5.41) is 21.1. The molecule has 10 nitrogen and oxygen atoms in total. The molecule has 2 amide bonds. The molecule has 176 valence electrons. The molecule has 2 aromatic rings. The van der Waals surface area contributed by atoms with Gasteiger partial charge >= 0.3 is 5.97 Å². The van der Waals surface area contributed by atoms with Crippen LogP contribution in [0.3, 0.4) is 0 Å². The molecular weight excluding hydrogens is 562 g/mol. The van der Waals surface area contributed by atoms with E-state index in [4.69, 9.17) is 10.6 Å². The zero-order valence-electron chi connectivity index (χ0n) is 17.6. The van der Waals surface area contributed by atoms with E-state index in [1.165, 1.54) is 6.34 Å².